The highest BCUT2D eigenvalue weighted by Crippen LogP contribution is 2.77. The van der Waals surface area contributed by atoms with Crippen molar-refractivity contribution in [2.45, 2.75) is 131 Å². The van der Waals surface area contributed by atoms with E-state index < -0.39 is 16.8 Å². The minimum Gasteiger partial charge on any atom is -0.497 e. The number of benzene rings is 1. The van der Waals surface area contributed by atoms with Crippen molar-refractivity contribution in [2.24, 2.45) is 62.1 Å². The number of aliphatic carboxylic acids is 1. The third-order valence-electron chi connectivity index (χ3n) is 20.5. The zero-order valence-electron chi connectivity index (χ0n) is 40.1. The third-order valence-corrected chi connectivity index (χ3v) is 21.4. The van der Waals surface area contributed by atoms with Gasteiger partial charge in [0.1, 0.15) is 17.8 Å². The smallest absolute Gasteiger partial charge is 0.314 e. The van der Waals surface area contributed by atoms with E-state index in [1.807, 2.05) is 24.3 Å². The number of pyridine rings is 1. The van der Waals surface area contributed by atoms with E-state index in [-0.39, 0.29) is 33.8 Å². The van der Waals surface area contributed by atoms with Gasteiger partial charge in [-0.05, 0) is 159 Å². The molecule has 6 aliphatic carbocycles. The Hall–Kier alpha value is -2.81. The highest BCUT2D eigenvalue weighted by Gasteiger charge is 2.72. The van der Waals surface area contributed by atoms with Crippen LogP contribution < -0.4 is 14.8 Å². The Balaban J connectivity index is 1.02. The number of aromatic nitrogens is 1. The topological polar surface area (TPSA) is 83.9 Å². The molecule has 0 amide bonds. The Labute approximate surface area is 384 Å². The number of fused-ring (bicyclic) bond motifs is 8. The maximum atomic E-state index is 14.1. The first-order valence-corrected chi connectivity index (χ1v) is 26.1. The SMILES string of the molecule is C=C(C)[C@@H]1CC[C@]2(NCCN3CCSCC3)CC[C@]3(C)[C@H](CC[C@@H]4[C@@]5(C)CC=C(C6(CC)C=CCCC6(COc6nccc7ccc(OC)cc67)C(=O)O)C(C)(C)[C@@H]5CC[C@]43C)[C@@H]12. The van der Waals surface area contributed by atoms with Gasteiger partial charge in [0.05, 0.1) is 7.11 Å². The van der Waals surface area contributed by atoms with Gasteiger partial charge in [-0.3, -0.25) is 4.79 Å². The Morgan fingerprint density at radius 3 is 2.51 bits per heavy atom. The van der Waals surface area contributed by atoms with Crippen LogP contribution in [0.3, 0.4) is 0 Å². The number of nitrogens with one attached hydrogen (secondary N) is 1. The van der Waals surface area contributed by atoms with Crippen molar-refractivity contribution in [3.63, 3.8) is 0 Å². The van der Waals surface area contributed by atoms with Crippen molar-refractivity contribution >= 4 is 28.5 Å². The molecule has 1 aromatic carbocycles. The number of methoxy groups -OCH3 is 1. The Morgan fingerprint density at radius 1 is 0.984 bits per heavy atom. The molecule has 0 bridgehead atoms. The van der Waals surface area contributed by atoms with Gasteiger partial charge in [0.2, 0.25) is 5.88 Å². The number of allylic oxidation sites excluding steroid dienone is 5. The molecule has 8 heteroatoms. The van der Waals surface area contributed by atoms with Crippen molar-refractivity contribution < 1.29 is 19.4 Å². The normalized spacial score (nSPS) is 40.8. The monoisotopic (exact) mass is 878 g/mol. The molecule has 2 unspecified atom stereocenters. The summed E-state index contributed by atoms with van der Waals surface area (Å²) >= 11 is 2.11. The fourth-order valence-corrected chi connectivity index (χ4v) is 18.2. The van der Waals surface area contributed by atoms with Crippen molar-refractivity contribution in [3.8, 4) is 11.6 Å². The highest BCUT2D eigenvalue weighted by atomic mass is 32.2. The molecule has 2 aromatic rings. The summed E-state index contributed by atoms with van der Waals surface area (Å²) in [5.41, 5.74) is 1.54. The lowest BCUT2D eigenvalue weighted by Gasteiger charge is -2.73. The Kier molecular flexibility index (Phi) is 11.9. The molecule has 2 N–H and O–H groups in total. The Bertz CT molecular complexity index is 2150. The van der Waals surface area contributed by atoms with E-state index >= 15 is 0 Å². The van der Waals surface area contributed by atoms with Crippen LogP contribution >= 0.6 is 11.8 Å². The third kappa shape index (κ3) is 6.76. The predicted molar refractivity (Wildman–Crippen MR) is 259 cm³/mol. The molecule has 1 aromatic heterocycles. The van der Waals surface area contributed by atoms with Gasteiger partial charge in [-0.2, -0.15) is 11.8 Å². The van der Waals surface area contributed by atoms with Gasteiger partial charge in [-0.15, -0.1) is 0 Å². The summed E-state index contributed by atoms with van der Waals surface area (Å²) in [6, 6.07) is 7.86. The average Bonchev–Trinajstić information content (AvgIpc) is 3.66. The molecule has 4 saturated carbocycles. The van der Waals surface area contributed by atoms with E-state index in [2.05, 4.69) is 100 Å². The summed E-state index contributed by atoms with van der Waals surface area (Å²) < 4.78 is 12.3. The maximum absolute atomic E-state index is 14.1. The molecule has 2 heterocycles. The van der Waals surface area contributed by atoms with E-state index in [0.717, 1.165) is 29.5 Å². The highest BCUT2D eigenvalue weighted by molar-refractivity contribution is 7.99. The molecule has 7 nitrogen and oxygen atoms in total. The quantitative estimate of drug-likeness (QED) is 0.204. The average molecular weight is 878 g/mol. The number of carboxylic acids is 1. The standard InChI is InChI=1S/C55H79N3O4S/c1-10-53(21-11-12-22-54(53,48(59)60)36-62-47-41-35-39(61-9)14-13-38(41)20-28-56-47)44-18-23-50(6)43(49(44,4)5)19-24-52(8)45(50)16-15-42-46-40(37(2)3)17-25-55(46,27-26-51(42,52)7)57-29-30-58-31-33-63-34-32-58/h11,13-14,18,20-21,28,35,40,42-43,45-46,57H,2,10,12,15-17,19,22-27,29-34,36H2,1,3-9H3,(H,59,60)/t40-,42+,43-,45+,46+,50-,51+,52+,53?,54?,55-/m0/s1. The van der Waals surface area contributed by atoms with E-state index in [0.29, 0.717) is 54.7 Å². The number of hydrogen-bond acceptors (Lipinski definition) is 7. The summed E-state index contributed by atoms with van der Waals surface area (Å²) in [6.07, 6.45) is 22.1. The fourth-order valence-electron chi connectivity index (χ4n) is 17.2. The van der Waals surface area contributed by atoms with Gasteiger partial charge in [0, 0.05) is 60.2 Å². The van der Waals surface area contributed by atoms with Crippen molar-refractivity contribution in [2.75, 3.05) is 51.4 Å². The molecular weight excluding hydrogens is 799 g/mol. The van der Waals surface area contributed by atoms with Gasteiger partial charge >= 0.3 is 5.97 Å². The molecule has 1 saturated heterocycles. The van der Waals surface area contributed by atoms with Crippen LogP contribution in [0.5, 0.6) is 11.6 Å². The van der Waals surface area contributed by atoms with Crippen LogP contribution in [0.25, 0.3) is 10.8 Å². The van der Waals surface area contributed by atoms with Crippen molar-refractivity contribution in [1.29, 1.82) is 0 Å². The molecule has 63 heavy (non-hydrogen) atoms. The maximum Gasteiger partial charge on any atom is 0.314 e. The first kappa shape index (κ1) is 45.4. The second-order valence-electron chi connectivity index (χ2n) is 22.9. The first-order valence-electron chi connectivity index (χ1n) is 24.9. The molecule has 344 valence electrons. The molecule has 9 rings (SSSR count). The van der Waals surface area contributed by atoms with Crippen LogP contribution in [0.1, 0.15) is 126 Å². The lowest BCUT2D eigenvalue weighted by Crippen LogP contribution is -2.68. The molecule has 5 fully saturated rings. The van der Waals surface area contributed by atoms with Crippen LogP contribution in [-0.2, 0) is 4.79 Å². The second kappa shape index (κ2) is 16.5. The van der Waals surface area contributed by atoms with Crippen LogP contribution in [0.4, 0.5) is 0 Å². The number of rotatable bonds is 12. The van der Waals surface area contributed by atoms with E-state index in [1.54, 1.807) is 13.3 Å². The second-order valence-corrected chi connectivity index (χ2v) is 24.1. The summed E-state index contributed by atoms with van der Waals surface area (Å²) in [5.74, 6) is 5.99. The summed E-state index contributed by atoms with van der Waals surface area (Å²) in [5, 5.41) is 17.8. The van der Waals surface area contributed by atoms with E-state index in [1.165, 1.54) is 93.7 Å². The van der Waals surface area contributed by atoms with Crippen molar-refractivity contribution in [3.05, 3.63) is 66.4 Å². The number of carboxylic acid groups (broad SMARTS) is 1. The largest absolute Gasteiger partial charge is 0.497 e. The zero-order valence-corrected chi connectivity index (χ0v) is 40.9. The van der Waals surface area contributed by atoms with Crippen LogP contribution in [0.15, 0.2) is 66.4 Å². The van der Waals surface area contributed by atoms with Gasteiger partial charge in [0.25, 0.3) is 0 Å². The molecule has 1 aliphatic heterocycles. The van der Waals surface area contributed by atoms with Gasteiger partial charge < -0.3 is 24.8 Å². The molecular formula is C55H79N3O4S. The molecule has 7 aliphatic rings. The predicted octanol–water partition coefficient (Wildman–Crippen LogP) is 12.0. The summed E-state index contributed by atoms with van der Waals surface area (Å²) in [7, 11) is 1.66. The molecule has 11 atom stereocenters. The van der Waals surface area contributed by atoms with Crippen LogP contribution in [0, 0.1) is 62.1 Å². The van der Waals surface area contributed by atoms with E-state index in [9.17, 15) is 9.90 Å². The number of thioether (sulfide) groups is 1. The number of ether oxygens (including phenoxy) is 2. The Morgan fingerprint density at radius 2 is 1.78 bits per heavy atom. The van der Waals surface area contributed by atoms with Crippen molar-refractivity contribution in [1.82, 2.24) is 15.2 Å². The minimum atomic E-state index is -1.15. The number of hydrogen-bond donors (Lipinski definition) is 2. The fraction of sp³-hybridized carbons (Fsp3) is 0.709. The van der Waals surface area contributed by atoms with Gasteiger partial charge in [-0.1, -0.05) is 83.6 Å². The first-order chi connectivity index (χ1) is 30.1. The minimum absolute atomic E-state index is 0.0553. The molecule has 0 spiro atoms. The van der Waals surface area contributed by atoms with Gasteiger partial charge in [-0.25, -0.2) is 4.98 Å². The van der Waals surface area contributed by atoms with Gasteiger partial charge in [0.15, 0.2) is 0 Å². The summed E-state index contributed by atoms with van der Waals surface area (Å²) in [4.78, 5) is 21.5. The number of carbonyl (C=O) groups is 1. The van der Waals surface area contributed by atoms with Crippen LogP contribution in [-0.4, -0.2) is 77.9 Å². The summed E-state index contributed by atoms with van der Waals surface area (Å²) in [6.45, 7) is 27.2. The lowest BCUT2D eigenvalue weighted by molar-refractivity contribution is -0.222. The van der Waals surface area contributed by atoms with E-state index in [4.69, 9.17) is 9.47 Å². The van der Waals surface area contributed by atoms with Crippen LogP contribution in [0.2, 0.25) is 0 Å². The zero-order chi connectivity index (χ0) is 44.6. The molecule has 0 radical (unpaired) electrons. The lowest BCUT2D eigenvalue weighted by atomic mass is 9.32. The number of nitrogens with zero attached hydrogens (tertiary/aromatic N) is 2.